The van der Waals surface area contributed by atoms with Gasteiger partial charge in [0.2, 0.25) is 0 Å². The first-order valence-electron chi connectivity index (χ1n) is 7.16. The maximum absolute atomic E-state index is 5.70. The van der Waals surface area contributed by atoms with Gasteiger partial charge in [-0.15, -0.1) is 0 Å². The first-order valence-corrected chi connectivity index (χ1v) is 7.16. The Labute approximate surface area is 124 Å². The molecule has 0 saturated heterocycles. The summed E-state index contributed by atoms with van der Waals surface area (Å²) in [7, 11) is 1.72. The molecule has 0 spiro atoms. The molecule has 3 N–H and O–H groups in total. The highest BCUT2D eigenvalue weighted by Gasteiger charge is 2.42. The molecule has 1 fully saturated rings. The molecule has 1 saturated carbocycles. The third-order valence-corrected chi connectivity index (χ3v) is 4.29. The van der Waals surface area contributed by atoms with Crippen LogP contribution in [0.2, 0.25) is 0 Å². The highest BCUT2D eigenvalue weighted by molar-refractivity contribution is 5.68. The third-order valence-electron chi connectivity index (χ3n) is 4.29. The van der Waals surface area contributed by atoms with Crippen molar-refractivity contribution in [3.8, 4) is 11.3 Å². The lowest BCUT2D eigenvalue weighted by atomic mass is 9.79. The number of methoxy groups -OCH3 is 1. The zero-order valence-corrected chi connectivity index (χ0v) is 12.4. The number of aromatic nitrogens is 2. The topological polar surface area (TPSA) is 73.1 Å². The molecule has 1 aromatic heterocycles. The van der Waals surface area contributed by atoms with Crippen LogP contribution < -0.4 is 11.3 Å². The molecule has 0 radical (unpaired) electrons. The Bertz CT molecular complexity index is 633. The number of nitrogen functional groups attached to an aromatic ring is 1. The molecule has 110 valence electrons. The zero-order valence-electron chi connectivity index (χ0n) is 12.4. The predicted molar refractivity (Wildman–Crippen MR) is 82.6 cm³/mol. The molecule has 5 heteroatoms. The van der Waals surface area contributed by atoms with Gasteiger partial charge in [0.25, 0.3) is 0 Å². The Morgan fingerprint density at radius 2 is 1.90 bits per heavy atom. The fourth-order valence-electron chi connectivity index (χ4n) is 2.75. The largest absolute Gasteiger partial charge is 0.370 e. The van der Waals surface area contributed by atoms with E-state index in [1.165, 1.54) is 0 Å². The van der Waals surface area contributed by atoms with E-state index in [0.717, 1.165) is 36.1 Å². The fourth-order valence-corrected chi connectivity index (χ4v) is 2.75. The van der Waals surface area contributed by atoms with E-state index in [2.05, 4.69) is 10.4 Å². The van der Waals surface area contributed by atoms with Crippen LogP contribution >= 0.6 is 0 Å². The molecule has 2 aromatic rings. The fraction of sp³-hybridized carbons (Fsp3) is 0.375. The summed E-state index contributed by atoms with van der Waals surface area (Å²) >= 11 is 0. The minimum absolute atomic E-state index is 0.358. The highest BCUT2D eigenvalue weighted by atomic mass is 16.5. The second-order valence-electron chi connectivity index (χ2n) is 5.43. The van der Waals surface area contributed by atoms with Crippen molar-refractivity contribution in [3.63, 3.8) is 0 Å². The number of nitrogens with two attached hydrogens (primary N) is 1. The van der Waals surface area contributed by atoms with E-state index in [0.29, 0.717) is 11.6 Å². The van der Waals surface area contributed by atoms with Crippen molar-refractivity contribution in [2.75, 3.05) is 12.5 Å². The average molecular weight is 284 g/mol. The molecule has 0 bridgehead atoms. The second-order valence-corrected chi connectivity index (χ2v) is 5.43. The molecule has 1 aliphatic carbocycles. The Morgan fingerprint density at radius 1 is 1.19 bits per heavy atom. The number of nitrogens with zero attached hydrogens (tertiary/aromatic N) is 2. The summed E-state index contributed by atoms with van der Waals surface area (Å²) in [5.74, 6) is 7.00. The number of ether oxygens (including phenoxy) is 1. The van der Waals surface area contributed by atoms with Crippen LogP contribution in [0.5, 0.6) is 0 Å². The van der Waals surface area contributed by atoms with Crippen LogP contribution in [-0.2, 0) is 10.3 Å². The van der Waals surface area contributed by atoms with Gasteiger partial charge in [-0.3, -0.25) is 0 Å². The smallest absolute Gasteiger partial charge is 0.163 e. The van der Waals surface area contributed by atoms with Gasteiger partial charge in [-0.1, -0.05) is 30.3 Å². The highest BCUT2D eigenvalue weighted by Crippen LogP contribution is 2.43. The summed E-state index contributed by atoms with van der Waals surface area (Å²) in [5, 5.41) is 0. The van der Waals surface area contributed by atoms with E-state index < -0.39 is 0 Å². The predicted octanol–water partition coefficient (Wildman–Crippen LogP) is 2.76. The van der Waals surface area contributed by atoms with Crippen LogP contribution in [0.3, 0.4) is 0 Å². The summed E-state index contributed by atoms with van der Waals surface area (Å²) in [6.07, 6.45) is 3.03. The SMILES string of the molecule is COC1(c2nc(NN)c(C)c(-c3ccccc3)n2)CCC1. The van der Waals surface area contributed by atoms with E-state index in [1.807, 2.05) is 37.3 Å². The molecule has 0 aliphatic heterocycles. The normalized spacial score (nSPS) is 16.3. The van der Waals surface area contributed by atoms with Crippen LogP contribution in [-0.4, -0.2) is 17.1 Å². The van der Waals surface area contributed by atoms with Gasteiger partial charge in [-0.25, -0.2) is 15.8 Å². The first kappa shape index (κ1) is 14.0. The molecule has 1 aromatic carbocycles. The lowest BCUT2D eigenvalue weighted by molar-refractivity contribution is -0.0845. The Balaban J connectivity index is 2.16. The van der Waals surface area contributed by atoms with Crippen molar-refractivity contribution < 1.29 is 4.74 Å². The van der Waals surface area contributed by atoms with E-state index in [-0.39, 0.29) is 5.60 Å². The van der Waals surface area contributed by atoms with Crippen LogP contribution in [0, 0.1) is 6.92 Å². The standard InChI is InChI=1S/C16H20N4O/c1-11-13(12-7-4-3-5-8-12)18-15(19-14(11)20-17)16(21-2)9-6-10-16/h3-5,7-8H,6,9-10,17H2,1-2H3,(H,18,19,20). The van der Waals surface area contributed by atoms with Crippen molar-refractivity contribution in [2.45, 2.75) is 31.8 Å². The number of hydrogen-bond acceptors (Lipinski definition) is 5. The van der Waals surface area contributed by atoms with Crippen molar-refractivity contribution in [3.05, 3.63) is 41.7 Å². The van der Waals surface area contributed by atoms with E-state index in [4.69, 9.17) is 15.6 Å². The van der Waals surface area contributed by atoms with Crippen LogP contribution in [0.1, 0.15) is 30.7 Å². The van der Waals surface area contributed by atoms with Crippen LogP contribution in [0.25, 0.3) is 11.3 Å². The quantitative estimate of drug-likeness (QED) is 0.667. The Hall–Kier alpha value is -1.98. The van der Waals surface area contributed by atoms with Crippen molar-refractivity contribution >= 4 is 5.82 Å². The maximum Gasteiger partial charge on any atom is 0.163 e. The van der Waals surface area contributed by atoms with Gasteiger partial charge in [0.1, 0.15) is 11.4 Å². The monoisotopic (exact) mass is 284 g/mol. The molecular weight excluding hydrogens is 264 g/mol. The Kier molecular flexibility index (Phi) is 3.61. The van der Waals surface area contributed by atoms with E-state index in [1.54, 1.807) is 7.11 Å². The molecule has 21 heavy (non-hydrogen) atoms. The van der Waals surface area contributed by atoms with Crippen molar-refractivity contribution in [2.24, 2.45) is 5.84 Å². The summed E-state index contributed by atoms with van der Waals surface area (Å²) in [6, 6.07) is 10.1. The van der Waals surface area contributed by atoms with Gasteiger partial charge >= 0.3 is 0 Å². The molecule has 0 amide bonds. The van der Waals surface area contributed by atoms with Gasteiger partial charge in [0.15, 0.2) is 5.82 Å². The van der Waals surface area contributed by atoms with Gasteiger partial charge in [-0.05, 0) is 26.2 Å². The molecular formula is C16H20N4O. The molecule has 3 rings (SSSR count). The number of hydrogen-bond donors (Lipinski definition) is 2. The van der Waals surface area contributed by atoms with E-state index in [9.17, 15) is 0 Å². The molecule has 1 aliphatic rings. The maximum atomic E-state index is 5.70. The average Bonchev–Trinajstić information content (AvgIpc) is 2.49. The summed E-state index contributed by atoms with van der Waals surface area (Å²) in [6.45, 7) is 1.97. The lowest BCUT2D eigenvalue weighted by Gasteiger charge is -2.39. The van der Waals surface area contributed by atoms with Crippen molar-refractivity contribution in [1.29, 1.82) is 0 Å². The minimum Gasteiger partial charge on any atom is -0.370 e. The van der Waals surface area contributed by atoms with Gasteiger partial charge in [0.05, 0.1) is 5.69 Å². The van der Waals surface area contributed by atoms with Crippen molar-refractivity contribution in [1.82, 2.24) is 9.97 Å². The van der Waals surface area contributed by atoms with Gasteiger partial charge in [-0.2, -0.15) is 0 Å². The number of benzene rings is 1. The van der Waals surface area contributed by atoms with Crippen LogP contribution in [0.4, 0.5) is 5.82 Å². The number of hydrazine groups is 1. The number of nitrogens with one attached hydrogen (secondary N) is 1. The molecule has 0 atom stereocenters. The molecule has 0 unspecified atom stereocenters. The summed E-state index contributed by atoms with van der Waals surface area (Å²) in [5.41, 5.74) is 5.22. The number of rotatable bonds is 4. The molecule has 5 nitrogen and oxygen atoms in total. The minimum atomic E-state index is -0.358. The summed E-state index contributed by atoms with van der Waals surface area (Å²) < 4.78 is 5.70. The first-order chi connectivity index (χ1) is 10.2. The number of anilines is 1. The molecule has 1 heterocycles. The second kappa shape index (κ2) is 5.42. The Morgan fingerprint density at radius 3 is 2.43 bits per heavy atom. The lowest BCUT2D eigenvalue weighted by Crippen LogP contribution is -2.38. The van der Waals surface area contributed by atoms with E-state index >= 15 is 0 Å². The third kappa shape index (κ3) is 2.28. The van der Waals surface area contributed by atoms with Crippen LogP contribution in [0.15, 0.2) is 30.3 Å². The van der Waals surface area contributed by atoms with Gasteiger partial charge in [0, 0.05) is 18.2 Å². The zero-order chi connectivity index (χ0) is 14.9. The summed E-state index contributed by atoms with van der Waals surface area (Å²) in [4.78, 5) is 9.35. The van der Waals surface area contributed by atoms with Gasteiger partial charge < -0.3 is 10.2 Å².